The highest BCUT2D eigenvalue weighted by Gasteiger charge is 2.15. The van der Waals surface area contributed by atoms with Crippen molar-refractivity contribution in [3.63, 3.8) is 0 Å². The summed E-state index contributed by atoms with van der Waals surface area (Å²) in [6.45, 7) is 0. The lowest BCUT2D eigenvalue weighted by molar-refractivity contribution is 0.355. The molecule has 4 rings (SSSR count). The molecule has 0 fully saturated rings. The van der Waals surface area contributed by atoms with Crippen molar-refractivity contribution in [1.82, 2.24) is 24.8 Å². The molecule has 3 heterocycles. The Bertz CT molecular complexity index is 1060. The molecule has 0 unspecified atom stereocenters. The van der Waals surface area contributed by atoms with Crippen LogP contribution in [-0.4, -0.2) is 39.0 Å². The number of ether oxygens (including phenoxy) is 2. The molecule has 0 saturated carbocycles. The third kappa shape index (κ3) is 2.54. The minimum Gasteiger partial charge on any atom is -0.493 e. The number of nitrogens with two attached hydrogens (primary N) is 1. The molecule has 0 aliphatic rings. The van der Waals surface area contributed by atoms with Gasteiger partial charge in [0.2, 0.25) is 0 Å². The molecule has 2 N–H and O–H groups in total. The van der Waals surface area contributed by atoms with Crippen LogP contribution in [0.1, 0.15) is 0 Å². The van der Waals surface area contributed by atoms with E-state index < -0.39 is 0 Å². The van der Waals surface area contributed by atoms with Crippen molar-refractivity contribution in [1.29, 1.82) is 0 Å². The minimum absolute atomic E-state index is 0.406. The zero-order chi connectivity index (χ0) is 17.4. The fourth-order valence-corrected chi connectivity index (χ4v) is 3.29. The summed E-state index contributed by atoms with van der Waals surface area (Å²) < 4.78 is 12.1. The normalized spacial score (nSPS) is 11.0. The number of hydrogen-bond acceptors (Lipinski definition) is 8. The number of thiazole rings is 1. The molecule has 1 aromatic carbocycles. The monoisotopic (exact) mass is 354 g/mol. The maximum Gasteiger partial charge on any atom is 0.179 e. The summed E-state index contributed by atoms with van der Waals surface area (Å²) >= 11 is 1.44. The van der Waals surface area contributed by atoms with Crippen LogP contribution in [0.5, 0.6) is 11.5 Å². The molecular formula is C16H14N6O2S. The molecule has 25 heavy (non-hydrogen) atoms. The largest absolute Gasteiger partial charge is 0.493 e. The molecule has 0 atom stereocenters. The van der Waals surface area contributed by atoms with Gasteiger partial charge < -0.3 is 15.2 Å². The van der Waals surface area contributed by atoms with Crippen LogP contribution in [0.4, 0.5) is 5.82 Å². The zero-order valence-electron chi connectivity index (χ0n) is 13.5. The van der Waals surface area contributed by atoms with Gasteiger partial charge in [-0.25, -0.2) is 4.98 Å². The summed E-state index contributed by atoms with van der Waals surface area (Å²) in [5.41, 5.74) is 8.96. The summed E-state index contributed by atoms with van der Waals surface area (Å²) in [5.74, 6) is 1.72. The number of nitrogen functional groups attached to an aromatic ring is 1. The summed E-state index contributed by atoms with van der Waals surface area (Å²) in [7, 11) is 3.20. The highest BCUT2D eigenvalue weighted by atomic mass is 32.1. The van der Waals surface area contributed by atoms with Gasteiger partial charge in [-0.1, -0.05) is 0 Å². The number of aromatic nitrogens is 5. The van der Waals surface area contributed by atoms with Gasteiger partial charge in [-0.05, 0) is 18.2 Å². The molecule has 0 spiro atoms. The van der Waals surface area contributed by atoms with E-state index in [9.17, 15) is 0 Å². The second-order valence-corrected chi connectivity index (χ2v) is 6.00. The lowest BCUT2D eigenvalue weighted by atomic mass is 10.1. The third-order valence-corrected chi connectivity index (χ3v) is 4.58. The lowest BCUT2D eigenvalue weighted by Gasteiger charge is -2.08. The van der Waals surface area contributed by atoms with Crippen LogP contribution in [0.25, 0.3) is 27.6 Å². The number of hydrogen-bond donors (Lipinski definition) is 1. The first kappa shape index (κ1) is 15.3. The van der Waals surface area contributed by atoms with Crippen LogP contribution in [0.2, 0.25) is 0 Å². The molecule has 3 aromatic heterocycles. The molecule has 0 saturated heterocycles. The van der Waals surface area contributed by atoms with Crippen molar-refractivity contribution in [2.24, 2.45) is 0 Å². The van der Waals surface area contributed by atoms with Crippen LogP contribution >= 0.6 is 11.3 Å². The van der Waals surface area contributed by atoms with E-state index in [1.807, 2.05) is 23.6 Å². The van der Waals surface area contributed by atoms with Crippen molar-refractivity contribution in [2.45, 2.75) is 0 Å². The predicted molar refractivity (Wildman–Crippen MR) is 94.8 cm³/mol. The van der Waals surface area contributed by atoms with E-state index in [1.54, 1.807) is 31.0 Å². The zero-order valence-corrected chi connectivity index (χ0v) is 14.3. The van der Waals surface area contributed by atoms with Crippen molar-refractivity contribution in [2.75, 3.05) is 20.0 Å². The maximum absolute atomic E-state index is 6.16. The topological polar surface area (TPSA) is 100 Å². The van der Waals surface area contributed by atoms with Crippen LogP contribution in [0.15, 0.2) is 35.8 Å². The molecule has 0 amide bonds. The highest BCUT2D eigenvalue weighted by molar-refractivity contribution is 7.13. The van der Waals surface area contributed by atoms with E-state index in [0.29, 0.717) is 33.7 Å². The average molecular weight is 354 g/mol. The number of methoxy groups -OCH3 is 2. The first-order valence-electron chi connectivity index (χ1n) is 7.35. The van der Waals surface area contributed by atoms with Crippen molar-refractivity contribution < 1.29 is 9.47 Å². The molecule has 126 valence electrons. The Morgan fingerprint density at radius 3 is 2.72 bits per heavy atom. The average Bonchev–Trinajstić information content (AvgIpc) is 3.31. The minimum atomic E-state index is 0.406. The highest BCUT2D eigenvalue weighted by Crippen LogP contribution is 2.35. The molecule has 0 bridgehead atoms. The number of rotatable bonds is 4. The van der Waals surface area contributed by atoms with E-state index in [-0.39, 0.29) is 0 Å². The second-order valence-electron chi connectivity index (χ2n) is 5.14. The summed E-state index contributed by atoms with van der Waals surface area (Å²) in [6.07, 6.45) is 1.63. The third-order valence-electron chi connectivity index (χ3n) is 3.73. The summed E-state index contributed by atoms with van der Waals surface area (Å²) in [4.78, 5) is 4.63. The number of fused-ring (bicyclic) bond motifs is 1. The van der Waals surface area contributed by atoms with E-state index in [0.717, 1.165) is 11.3 Å². The maximum atomic E-state index is 6.16. The van der Waals surface area contributed by atoms with E-state index in [1.165, 1.54) is 11.3 Å². The predicted octanol–water partition coefficient (Wildman–Crippen LogP) is 2.51. The SMILES string of the molecule is COc1ccc(-c2csc(-c3nnc4ccnn4c3N)n2)cc1OC. The van der Waals surface area contributed by atoms with Crippen LogP contribution < -0.4 is 15.2 Å². The van der Waals surface area contributed by atoms with Gasteiger partial charge >= 0.3 is 0 Å². The number of anilines is 1. The van der Waals surface area contributed by atoms with Crippen molar-refractivity contribution >= 4 is 22.8 Å². The molecule has 4 aromatic rings. The van der Waals surface area contributed by atoms with Crippen LogP contribution in [0.3, 0.4) is 0 Å². The Labute approximate surface area is 146 Å². The lowest BCUT2D eigenvalue weighted by Crippen LogP contribution is -2.05. The molecule has 0 aliphatic heterocycles. The number of benzene rings is 1. The van der Waals surface area contributed by atoms with Gasteiger partial charge in [0.25, 0.3) is 0 Å². The van der Waals surface area contributed by atoms with Crippen molar-refractivity contribution in [3.8, 4) is 33.5 Å². The molecule has 0 radical (unpaired) electrons. The van der Waals surface area contributed by atoms with Gasteiger partial charge in [0.1, 0.15) is 5.01 Å². The summed E-state index contributed by atoms with van der Waals surface area (Å²) in [5, 5.41) is 15.1. The van der Waals surface area contributed by atoms with E-state index in [4.69, 9.17) is 15.2 Å². The van der Waals surface area contributed by atoms with Gasteiger partial charge in [0.15, 0.2) is 28.7 Å². The van der Waals surface area contributed by atoms with E-state index >= 15 is 0 Å². The molecule has 0 aliphatic carbocycles. The molecule has 9 heteroatoms. The standard InChI is InChI=1S/C16H14N6O2S/c1-23-11-4-3-9(7-12(11)24-2)10-8-25-16(19-10)14-15(17)22-13(20-21-14)5-6-18-22/h3-8H,17H2,1-2H3. The number of nitrogens with zero attached hydrogens (tertiary/aromatic N) is 5. The first-order chi connectivity index (χ1) is 12.2. The van der Waals surface area contributed by atoms with Gasteiger partial charge in [0, 0.05) is 17.0 Å². The fourth-order valence-electron chi connectivity index (χ4n) is 2.47. The Hall–Kier alpha value is -3.20. The Balaban J connectivity index is 1.76. The van der Waals surface area contributed by atoms with E-state index in [2.05, 4.69) is 20.3 Å². The molecule has 8 nitrogen and oxygen atoms in total. The Morgan fingerprint density at radius 2 is 1.92 bits per heavy atom. The van der Waals surface area contributed by atoms with Gasteiger partial charge in [-0.15, -0.1) is 21.5 Å². The first-order valence-corrected chi connectivity index (χ1v) is 8.23. The smallest absolute Gasteiger partial charge is 0.179 e. The quantitative estimate of drug-likeness (QED) is 0.601. The van der Waals surface area contributed by atoms with Crippen LogP contribution in [0, 0.1) is 0 Å². The summed E-state index contributed by atoms with van der Waals surface area (Å²) in [6, 6.07) is 7.39. The van der Waals surface area contributed by atoms with Gasteiger partial charge in [0.05, 0.1) is 26.1 Å². The van der Waals surface area contributed by atoms with Gasteiger partial charge in [-0.2, -0.15) is 9.61 Å². The molecular weight excluding hydrogens is 340 g/mol. The Morgan fingerprint density at radius 1 is 1.08 bits per heavy atom. The van der Waals surface area contributed by atoms with Crippen molar-refractivity contribution in [3.05, 3.63) is 35.8 Å². The Kier molecular flexibility index (Phi) is 3.69. The second kappa shape index (κ2) is 6.02. The van der Waals surface area contributed by atoms with Crippen LogP contribution in [-0.2, 0) is 0 Å². The van der Waals surface area contributed by atoms with Gasteiger partial charge in [-0.3, -0.25) is 0 Å². The fraction of sp³-hybridized carbons (Fsp3) is 0.125.